The van der Waals surface area contributed by atoms with Crippen LogP contribution in [0.3, 0.4) is 0 Å². The second kappa shape index (κ2) is 9.16. The van der Waals surface area contributed by atoms with Gasteiger partial charge in [-0.1, -0.05) is 17.3 Å². The summed E-state index contributed by atoms with van der Waals surface area (Å²) in [5.41, 5.74) is -0.0283. The number of piperidine rings is 1. The van der Waals surface area contributed by atoms with Crippen LogP contribution in [-0.4, -0.2) is 49.0 Å². The first-order chi connectivity index (χ1) is 12.6. The molecule has 1 unspecified atom stereocenters. The number of carbonyl (C=O) groups excluding carboxylic acids is 1. The zero-order chi connectivity index (χ0) is 18.6. The van der Waals surface area contributed by atoms with Gasteiger partial charge < -0.3 is 24.6 Å². The summed E-state index contributed by atoms with van der Waals surface area (Å²) in [7, 11) is 3.17. The van der Waals surface area contributed by atoms with E-state index < -0.39 is 11.6 Å². The lowest BCUT2D eigenvalue weighted by atomic mass is 9.91. The van der Waals surface area contributed by atoms with Crippen LogP contribution in [0.4, 0.5) is 0 Å². The van der Waals surface area contributed by atoms with Gasteiger partial charge in [-0.2, -0.15) is 4.98 Å². The Kier molecular flexibility index (Phi) is 7.18. The molecule has 9 heteroatoms. The summed E-state index contributed by atoms with van der Waals surface area (Å²) in [5.74, 6) is 1.35. The van der Waals surface area contributed by atoms with Gasteiger partial charge in [0.15, 0.2) is 0 Å². The predicted octanol–water partition coefficient (Wildman–Crippen LogP) is 2.11. The third-order valence-corrected chi connectivity index (χ3v) is 4.70. The Labute approximate surface area is 164 Å². The SMILES string of the molecule is COc1cccc(-c2noc(C(C)NC(=O)C3(OC)CCNCC3)n2)c1.Cl. The van der Waals surface area contributed by atoms with Gasteiger partial charge in [0.05, 0.1) is 7.11 Å². The van der Waals surface area contributed by atoms with Crippen LogP contribution in [0.1, 0.15) is 31.7 Å². The highest BCUT2D eigenvalue weighted by molar-refractivity contribution is 5.86. The molecule has 148 valence electrons. The van der Waals surface area contributed by atoms with Crippen LogP contribution in [0.25, 0.3) is 11.4 Å². The summed E-state index contributed by atoms with van der Waals surface area (Å²) >= 11 is 0. The predicted molar refractivity (Wildman–Crippen MR) is 102 cm³/mol. The zero-order valence-electron chi connectivity index (χ0n) is 15.7. The number of carbonyl (C=O) groups is 1. The fourth-order valence-corrected chi connectivity index (χ4v) is 3.03. The van der Waals surface area contributed by atoms with E-state index in [4.69, 9.17) is 14.0 Å². The van der Waals surface area contributed by atoms with Crippen LogP contribution < -0.4 is 15.4 Å². The van der Waals surface area contributed by atoms with Crippen molar-refractivity contribution in [3.8, 4) is 17.1 Å². The van der Waals surface area contributed by atoms with Crippen molar-refractivity contribution >= 4 is 18.3 Å². The lowest BCUT2D eigenvalue weighted by Crippen LogP contribution is -2.54. The van der Waals surface area contributed by atoms with Gasteiger partial charge in [-0.25, -0.2) is 0 Å². The minimum atomic E-state index is -0.810. The van der Waals surface area contributed by atoms with Gasteiger partial charge in [-0.15, -0.1) is 12.4 Å². The first-order valence-corrected chi connectivity index (χ1v) is 8.63. The van der Waals surface area contributed by atoms with E-state index in [0.717, 1.165) is 18.7 Å². The van der Waals surface area contributed by atoms with Gasteiger partial charge in [0.25, 0.3) is 5.91 Å². The quantitative estimate of drug-likeness (QED) is 0.771. The van der Waals surface area contributed by atoms with Crippen molar-refractivity contribution in [3.05, 3.63) is 30.2 Å². The van der Waals surface area contributed by atoms with E-state index in [0.29, 0.717) is 30.3 Å². The molecule has 27 heavy (non-hydrogen) atoms. The number of benzene rings is 1. The Morgan fingerprint density at radius 1 is 1.33 bits per heavy atom. The van der Waals surface area contributed by atoms with Crippen molar-refractivity contribution in [2.24, 2.45) is 0 Å². The lowest BCUT2D eigenvalue weighted by molar-refractivity contribution is -0.147. The van der Waals surface area contributed by atoms with Gasteiger partial charge in [0.1, 0.15) is 17.4 Å². The molecule has 1 saturated heterocycles. The van der Waals surface area contributed by atoms with Crippen molar-refractivity contribution in [1.29, 1.82) is 0 Å². The van der Waals surface area contributed by atoms with Crippen molar-refractivity contribution in [2.45, 2.75) is 31.4 Å². The van der Waals surface area contributed by atoms with E-state index in [1.165, 1.54) is 0 Å². The number of nitrogens with one attached hydrogen (secondary N) is 2. The maximum absolute atomic E-state index is 12.7. The molecular formula is C18H25ClN4O4. The molecule has 8 nitrogen and oxygen atoms in total. The molecule has 1 amide bonds. The smallest absolute Gasteiger partial charge is 0.252 e. The standard InChI is InChI=1S/C18H24N4O4.ClH/c1-12(20-17(23)18(25-3)7-9-19-10-8-18)16-21-15(22-26-16)13-5-4-6-14(11-13)24-2;/h4-6,11-12,19H,7-10H2,1-3H3,(H,20,23);1H. The highest BCUT2D eigenvalue weighted by Gasteiger charge is 2.40. The molecular weight excluding hydrogens is 372 g/mol. The fourth-order valence-electron chi connectivity index (χ4n) is 3.03. The van der Waals surface area contributed by atoms with Crippen LogP contribution in [0.2, 0.25) is 0 Å². The minimum Gasteiger partial charge on any atom is -0.497 e. The molecule has 2 N–H and O–H groups in total. The molecule has 1 aliphatic heterocycles. The van der Waals surface area contributed by atoms with E-state index in [1.807, 2.05) is 31.2 Å². The third-order valence-electron chi connectivity index (χ3n) is 4.70. The minimum absolute atomic E-state index is 0. The van der Waals surface area contributed by atoms with Gasteiger partial charge in [-0.05, 0) is 45.0 Å². The molecule has 0 aliphatic carbocycles. The van der Waals surface area contributed by atoms with Crippen LogP contribution in [0.15, 0.2) is 28.8 Å². The topological polar surface area (TPSA) is 98.5 Å². The average Bonchev–Trinajstić information content (AvgIpc) is 3.19. The molecule has 1 aromatic heterocycles. The highest BCUT2D eigenvalue weighted by Crippen LogP contribution is 2.25. The Bertz CT molecular complexity index is 761. The summed E-state index contributed by atoms with van der Waals surface area (Å²) in [6.07, 6.45) is 1.25. The highest BCUT2D eigenvalue weighted by atomic mass is 35.5. The van der Waals surface area contributed by atoms with E-state index in [1.54, 1.807) is 14.2 Å². The van der Waals surface area contributed by atoms with E-state index in [9.17, 15) is 4.79 Å². The summed E-state index contributed by atoms with van der Waals surface area (Å²) in [6, 6.07) is 6.98. The molecule has 0 saturated carbocycles. The third kappa shape index (κ3) is 4.58. The largest absolute Gasteiger partial charge is 0.497 e. The number of ether oxygens (including phenoxy) is 2. The number of aromatic nitrogens is 2. The molecule has 0 radical (unpaired) electrons. The first-order valence-electron chi connectivity index (χ1n) is 8.63. The van der Waals surface area contributed by atoms with E-state index >= 15 is 0 Å². The number of hydrogen-bond donors (Lipinski definition) is 2. The number of methoxy groups -OCH3 is 2. The lowest BCUT2D eigenvalue weighted by Gasteiger charge is -2.35. The molecule has 0 bridgehead atoms. The van der Waals surface area contributed by atoms with Crippen molar-refractivity contribution in [3.63, 3.8) is 0 Å². The Hall–Kier alpha value is -2.16. The monoisotopic (exact) mass is 396 g/mol. The average molecular weight is 397 g/mol. The van der Waals surface area contributed by atoms with Crippen molar-refractivity contribution in [2.75, 3.05) is 27.3 Å². The van der Waals surface area contributed by atoms with Gasteiger partial charge in [0, 0.05) is 12.7 Å². The number of rotatable bonds is 6. The van der Waals surface area contributed by atoms with Crippen LogP contribution in [0, 0.1) is 0 Å². The summed E-state index contributed by atoms with van der Waals surface area (Å²) in [4.78, 5) is 17.1. The molecule has 1 fully saturated rings. The van der Waals surface area contributed by atoms with Crippen molar-refractivity contribution < 1.29 is 18.8 Å². The summed E-state index contributed by atoms with van der Waals surface area (Å²) in [6.45, 7) is 3.30. The van der Waals surface area contributed by atoms with E-state index in [-0.39, 0.29) is 18.3 Å². The maximum atomic E-state index is 12.7. The van der Waals surface area contributed by atoms with Gasteiger partial charge >= 0.3 is 0 Å². The molecule has 0 spiro atoms. The summed E-state index contributed by atoms with van der Waals surface area (Å²) in [5, 5.41) is 10.2. The Morgan fingerprint density at radius 2 is 2.07 bits per heavy atom. The Balaban J connectivity index is 0.00000261. The van der Waals surface area contributed by atoms with Crippen molar-refractivity contribution in [1.82, 2.24) is 20.8 Å². The second-order valence-corrected chi connectivity index (χ2v) is 6.33. The van der Waals surface area contributed by atoms with Crippen LogP contribution >= 0.6 is 12.4 Å². The second-order valence-electron chi connectivity index (χ2n) is 6.33. The molecule has 2 aromatic rings. The first kappa shape index (κ1) is 21.1. The van der Waals surface area contributed by atoms with E-state index in [2.05, 4.69) is 20.8 Å². The molecule has 3 rings (SSSR count). The number of hydrogen-bond acceptors (Lipinski definition) is 7. The normalized spacial score (nSPS) is 16.9. The number of amides is 1. The van der Waals surface area contributed by atoms with Crippen LogP contribution in [0.5, 0.6) is 5.75 Å². The molecule has 1 atom stereocenters. The maximum Gasteiger partial charge on any atom is 0.252 e. The number of nitrogens with zero attached hydrogens (tertiary/aromatic N) is 2. The zero-order valence-corrected chi connectivity index (χ0v) is 16.5. The summed E-state index contributed by atoms with van der Waals surface area (Å²) < 4.78 is 16.1. The molecule has 1 aromatic carbocycles. The van der Waals surface area contributed by atoms with Gasteiger partial charge in [0.2, 0.25) is 11.7 Å². The van der Waals surface area contributed by atoms with Gasteiger partial charge in [-0.3, -0.25) is 4.79 Å². The Morgan fingerprint density at radius 3 is 2.74 bits per heavy atom. The fraction of sp³-hybridized carbons (Fsp3) is 0.500. The molecule has 2 heterocycles. The molecule has 1 aliphatic rings. The number of halogens is 1. The van der Waals surface area contributed by atoms with Crippen LogP contribution in [-0.2, 0) is 9.53 Å².